The fraction of sp³-hybridized carbons (Fsp3) is 0.750. The summed E-state index contributed by atoms with van der Waals surface area (Å²) in [4.78, 5) is 62.0. The molecule has 0 spiro atoms. The Morgan fingerprint density at radius 1 is 0.690 bits per heavy atom. The van der Waals surface area contributed by atoms with Gasteiger partial charge in [0.1, 0.15) is 5.78 Å². The van der Waals surface area contributed by atoms with E-state index in [1.54, 1.807) is 13.8 Å². The molecule has 0 heterocycles. The molecule has 0 aromatic heterocycles. The summed E-state index contributed by atoms with van der Waals surface area (Å²) in [5, 5.41) is 2.48. The Kier molecular flexibility index (Phi) is 19.0. The number of carbonyl (C=O) groups excluding carboxylic acids is 5. The van der Waals surface area contributed by atoms with Gasteiger partial charge in [-0.2, -0.15) is 0 Å². The van der Waals surface area contributed by atoms with E-state index < -0.39 is 11.8 Å². The molecular formula is C20H40N4O5. The largest absolute Gasteiger partial charge is 0.347 e. The van der Waals surface area contributed by atoms with Gasteiger partial charge in [-0.15, -0.1) is 0 Å². The average molecular weight is 417 g/mol. The number of hydrogen-bond acceptors (Lipinski definition) is 5. The van der Waals surface area contributed by atoms with Crippen molar-refractivity contribution in [3.8, 4) is 0 Å². The van der Waals surface area contributed by atoms with Crippen molar-refractivity contribution in [2.75, 3.05) is 47.3 Å². The van der Waals surface area contributed by atoms with Crippen LogP contribution < -0.4 is 5.32 Å². The van der Waals surface area contributed by atoms with Gasteiger partial charge in [0.15, 0.2) is 0 Å². The first-order valence-electron chi connectivity index (χ1n) is 9.94. The Bertz CT molecular complexity index is 535. The van der Waals surface area contributed by atoms with Crippen LogP contribution in [-0.4, -0.2) is 91.4 Å². The third-order valence-electron chi connectivity index (χ3n) is 3.42. The van der Waals surface area contributed by atoms with Crippen molar-refractivity contribution >= 4 is 29.4 Å². The van der Waals surface area contributed by atoms with Crippen LogP contribution in [0.25, 0.3) is 0 Å². The van der Waals surface area contributed by atoms with Crippen molar-refractivity contribution in [1.82, 2.24) is 20.0 Å². The molecule has 0 atom stereocenters. The number of carbonyl (C=O) groups is 5. The van der Waals surface area contributed by atoms with Crippen LogP contribution in [0.1, 0.15) is 48.5 Å². The van der Waals surface area contributed by atoms with E-state index in [1.807, 2.05) is 27.7 Å². The summed E-state index contributed by atoms with van der Waals surface area (Å²) in [6.07, 6.45) is 0. The first-order chi connectivity index (χ1) is 13.5. The molecule has 0 saturated carbocycles. The number of nitrogens with zero attached hydrogens (tertiary/aromatic N) is 3. The minimum atomic E-state index is -0.421. The van der Waals surface area contributed by atoms with Crippen LogP contribution in [0.4, 0.5) is 0 Å². The zero-order valence-electron chi connectivity index (χ0n) is 19.8. The van der Waals surface area contributed by atoms with Crippen LogP contribution in [0.15, 0.2) is 0 Å². The van der Waals surface area contributed by atoms with Crippen LogP contribution in [0.2, 0.25) is 0 Å². The minimum Gasteiger partial charge on any atom is -0.347 e. The van der Waals surface area contributed by atoms with Gasteiger partial charge in [0.25, 0.3) is 0 Å². The van der Waals surface area contributed by atoms with Crippen molar-refractivity contribution < 1.29 is 24.0 Å². The van der Waals surface area contributed by atoms with Crippen molar-refractivity contribution in [2.45, 2.75) is 48.5 Å². The highest BCUT2D eigenvalue weighted by atomic mass is 16.2. The number of Topliss-reactive ketones (excluding diaryl/α,β-unsaturated/α-hetero) is 1. The molecule has 0 aromatic carbocycles. The molecule has 0 radical (unpaired) electrons. The molecule has 0 saturated heterocycles. The summed E-state index contributed by atoms with van der Waals surface area (Å²) >= 11 is 0. The number of nitrogens with one attached hydrogen (secondary N) is 1. The second kappa shape index (κ2) is 17.6. The molecule has 0 aromatic rings. The summed E-state index contributed by atoms with van der Waals surface area (Å²) < 4.78 is 0. The standard InChI is InChI=1S/C16H28N4O5.2C2H6/c1-11(2)16(25)17-7-13(22)19(5)9-15(24)20(6)10-14(23)18(4)8-12(3)21;2*1-2/h11H,7-10H2,1-6H3,(H,17,25);2*1-2H3. The fourth-order valence-corrected chi connectivity index (χ4v) is 1.75. The molecule has 0 fully saturated rings. The van der Waals surface area contributed by atoms with Crippen molar-refractivity contribution in [3.05, 3.63) is 0 Å². The molecule has 0 unspecified atom stereocenters. The summed E-state index contributed by atoms with van der Waals surface area (Å²) in [6, 6.07) is 0. The zero-order valence-corrected chi connectivity index (χ0v) is 19.8. The Labute approximate surface area is 175 Å². The topological polar surface area (TPSA) is 107 Å². The van der Waals surface area contributed by atoms with Crippen LogP contribution in [0.3, 0.4) is 0 Å². The molecule has 170 valence electrons. The first kappa shape index (κ1) is 31.3. The van der Waals surface area contributed by atoms with E-state index in [4.69, 9.17) is 0 Å². The van der Waals surface area contributed by atoms with E-state index in [0.29, 0.717) is 0 Å². The Morgan fingerprint density at radius 3 is 1.38 bits per heavy atom. The average Bonchev–Trinajstić information content (AvgIpc) is 2.67. The van der Waals surface area contributed by atoms with Gasteiger partial charge in [0, 0.05) is 27.1 Å². The van der Waals surface area contributed by atoms with Gasteiger partial charge in [-0.05, 0) is 6.92 Å². The summed E-state index contributed by atoms with van der Waals surface area (Å²) in [5.74, 6) is -1.83. The smallest absolute Gasteiger partial charge is 0.242 e. The lowest BCUT2D eigenvalue weighted by molar-refractivity contribution is -0.142. The second-order valence-corrected chi connectivity index (χ2v) is 6.32. The highest BCUT2D eigenvalue weighted by molar-refractivity contribution is 5.91. The van der Waals surface area contributed by atoms with E-state index in [9.17, 15) is 24.0 Å². The minimum absolute atomic E-state index is 0.0190. The number of rotatable bonds is 9. The number of ketones is 1. The third kappa shape index (κ3) is 15.2. The maximum Gasteiger partial charge on any atom is 0.242 e. The number of likely N-dealkylation sites (N-methyl/N-ethyl adjacent to an activating group) is 3. The summed E-state index contributed by atoms with van der Waals surface area (Å²) in [7, 11) is 4.37. The van der Waals surface area contributed by atoms with E-state index in [2.05, 4.69) is 5.32 Å². The molecule has 9 heteroatoms. The summed E-state index contributed by atoms with van der Waals surface area (Å²) in [6.45, 7) is 12.2. The molecule has 0 rings (SSSR count). The fourth-order valence-electron chi connectivity index (χ4n) is 1.75. The van der Waals surface area contributed by atoms with Crippen LogP contribution in [0.5, 0.6) is 0 Å². The predicted molar refractivity (Wildman–Crippen MR) is 114 cm³/mol. The van der Waals surface area contributed by atoms with Crippen molar-refractivity contribution in [2.24, 2.45) is 5.92 Å². The van der Waals surface area contributed by atoms with Crippen LogP contribution >= 0.6 is 0 Å². The highest BCUT2D eigenvalue weighted by Crippen LogP contribution is 1.95. The molecule has 9 nitrogen and oxygen atoms in total. The Balaban J connectivity index is -0.00000158. The highest BCUT2D eigenvalue weighted by Gasteiger charge is 2.20. The van der Waals surface area contributed by atoms with Gasteiger partial charge < -0.3 is 20.0 Å². The summed E-state index contributed by atoms with van der Waals surface area (Å²) in [5.41, 5.74) is 0. The Hall–Kier alpha value is -2.45. The van der Waals surface area contributed by atoms with Crippen LogP contribution in [0, 0.1) is 5.92 Å². The molecule has 0 aliphatic rings. The van der Waals surface area contributed by atoms with Gasteiger partial charge in [0.05, 0.1) is 26.2 Å². The van der Waals surface area contributed by atoms with Gasteiger partial charge in [-0.3, -0.25) is 24.0 Å². The van der Waals surface area contributed by atoms with Gasteiger partial charge in [-0.25, -0.2) is 0 Å². The normalized spacial score (nSPS) is 9.21. The zero-order chi connectivity index (χ0) is 23.7. The molecule has 0 bridgehead atoms. The third-order valence-corrected chi connectivity index (χ3v) is 3.42. The lowest BCUT2D eigenvalue weighted by Gasteiger charge is -2.24. The lowest BCUT2D eigenvalue weighted by atomic mass is 10.2. The van der Waals surface area contributed by atoms with Gasteiger partial charge in [0.2, 0.25) is 23.6 Å². The van der Waals surface area contributed by atoms with Gasteiger partial charge in [-0.1, -0.05) is 41.5 Å². The number of hydrogen-bond donors (Lipinski definition) is 1. The lowest BCUT2D eigenvalue weighted by Crippen LogP contribution is -2.46. The van der Waals surface area contributed by atoms with E-state index in [0.717, 1.165) is 0 Å². The quantitative estimate of drug-likeness (QED) is 0.598. The van der Waals surface area contributed by atoms with Crippen molar-refractivity contribution in [3.63, 3.8) is 0 Å². The Morgan fingerprint density at radius 2 is 1.03 bits per heavy atom. The SMILES string of the molecule is CC.CC.CC(=O)CN(C)C(=O)CN(C)C(=O)CN(C)C(=O)CNC(=O)C(C)C. The van der Waals surface area contributed by atoms with E-state index in [-0.39, 0.29) is 49.7 Å². The second-order valence-electron chi connectivity index (χ2n) is 6.32. The molecule has 1 N–H and O–H groups in total. The maximum absolute atomic E-state index is 12.1. The van der Waals surface area contributed by atoms with Crippen LogP contribution in [-0.2, 0) is 24.0 Å². The molecule has 0 aliphatic heterocycles. The molecule has 0 aliphatic carbocycles. The predicted octanol–water partition coefficient (Wildman–Crippen LogP) is 0.775. The first-order valence-corrected chi connectivity index (χ1v) is 9.94. The molecule has 29 heavy (non-hydrogen) atoms. The maximum atomic E-state index is 12.1. The molecule has 4 amide bonds. The number of amides is 4. The van der Waals surface area contributed by atoms with E-state index in [1.165, 1.54) is 42.8 Å². The van der Waals surface area contributed by atoms with E-state index >= 15 is 0 Å². The van der Waals surface area contributed by atoms with Crippen molar-refractivity contribution in [1.29, 1.82) is 0 Å². The molecular weight excluding hydrogens is 376 g/mol. The monoisotopic (exact) mass is 416 g/mol. The van der Waals surface area contributed by atoms with Gasteiger partial charge >= 0.3 is 0 Å².